The molecule has 0 aliphatic rings. The lowest BCUT2D eigenvalue weighted by Crippen LogP contribution is -1.84. The van der Waals surface area contributed by atoms with Crippen LogP contribution in [0.25, 0.3) is 0 Å². The van der Waals surface area contributed by atoms with Gasteiger partial charge in [0, 0.05) is 0 Å². The maximum Gasteiger partial charge on any atom is 0.478 e. The van der Waals surface area contributed by atoms with Crippen molar-refractivity contribution >= 4 is 15.6 Å². The molecule has 9 heteroatoms. The molecule has 0 unspecified atom stereocenters. The minimum Gasteiger partial charge on any atom is -0.302 e. The van der Waals surface area contributed by atoms with E-state index in [2.05, 4.69) is 31.2 Å². The summed E-state index contributed by atoms with van der Waals surface area (Å²) in [7, 11) is -10.1. The Balaban J connectivity index is 0. The van der Waals surface area contributed by atoms with Crippen LogP contribution in [-0.4, -0.2) is 19.6 Å². The summed E-state index contributed by atoms with van der Waals surface area (Å²) in [5.74, 6) is 0. The van der Waals surface area contributed by atoms with Crippen LogP contribution in [-0.2, 0) is 13.4 Å². The van der Waals surface area contributed by atoms with Crippen molar-refractivity contribution in [1.29, 1.82) is 0 Å². The Kier molecular flexibility index (Phi) is 9.35. The van der Waals surface area contributed by atoms with E-state index >= 15 is 0 Å². The van der Waals surface area contributed by atoms with E-state index in [1.54, 1.807) is 0 Å². The number of allylic oxidation sites excluding steroid dienone is 2. The molecular formula is C7H18O7P2. The van der Waals surface area contributed by atoms with Gasteiger partial charge in [-0.1, -0.05) is 25.0 Å². The second kappa shape index (κ2) is 8.14. The molecule has 4 N–H and O–H groups in total. The molecule has 0 aromatic heterocycles. The quantitative estimate of drug-likeness (QED) is 0.456. The van der Waals surface area contributed by atoms with Crippen LogP contribution in [0.5, 0.6) is 0 Å². The first-order valence-corrected chi connectivity index (χ1v) is 7.52. The highest BCUT2D eigenvalue weighted by molar-refractivity contribution is 7.60. The zero-order valence-electron chi connectivity index (χ0n) is 9.40. The monoisotopic (exact) mass is 276 g/mol. The summed E-state index contributed by atoms with van der Waals surface area (Å²) in [4.78, 5) is 31.0. The van der Waals surface area contributed by atoms with Crippen molar-refractivity contribution in [3.8, 4) is 0 Å². The zero-order chi connectivity index (χ0) is 13.4. The van der Waals surface area contributed by atoms with Gasteiger partial charge in [-0.3, -0.25) is 0 Å². The van der Waals surface area contributed by atoms with Gasteiger partial charge >= 0.3 is 15.6 Å². The van der Waals surface area contributed by atoms with Crippen LogP contribution in [0.3, 0.4) is 0 Å². The van der Waals surface area contributed by atoms with Gasteiger partial charge in [0.1, 0.15) is 0 Å². The second-order valence-corrected chi connectivity index (χ2v) is 5.56. The molecular weight excluding hydrogens is 258 g/mol. The van der Waals surface area contributed by atoms with E-state index in [0.29, 0.717) is 0 Å². The minimum atomic E-state index is -5.05. The normalized spacial score (nSPS) is 13.1. The molecule has 0 atom stereocenters. The predicted octanol–water partition coefficient (Wildman–Crippen LogP) is 1.94. The van der Waals surface area contributed by atoms with Gasteiger partial charge in [-0.15, -0.1) is 0 Å². The molecule has 0 heterocycles. The van der Waals surface area contributed by atoms with Crippen molar-refractivity contribution in [3.63, 3.8) is 0 Å². The highest BCUT2D eigenvalue weighted by Crippen LogP contribution is 2.53. The Morgan fingerprint density at radius 1 is 1.19 bits per heavy atom. The third-order valence-corrected chi connectivity index (χ3v) is 3.05. The molecule has 0 aromatic carbocycles. The smallest absolute Gasteiger partial charge is 0.302 e. The van der Waals surface area contributed by atoms with E-state index in [1.807, 2.05) is 0 Å². The van der Waals surface area contributed by atoms with Gasteiger partial charge in [0.15, 0.2) is 0 Å². The van der Waals surface area contributed by atoms with E-state index in [9.17, 15) is 9.13 Å². The van der Waals surface area contributed by atoms with Crippen molar-refractivity contribution in [2.45, 2.75) is 33.6 Å². The summed E-state index contributed by atoms with van der Waals surface area (Å²) in [6.45, 7) is 6.46. The van der Waals surface area contributed by atoms with Crippen LogP contribution in [0, 0.1) is 0 Å². The summed E-state index contributed by atoms with van der Waals surface area (Å²) in [5, 5.41) is 0. The summed E-state index contributed by atoms with van der Waals surface area (Å²) in [6, 6.07) is 0. The Hall–Kier alpha value is -0.0000000000000000971. The minimum absolute atomic E-state index is 1.26. The van der Waals surface area contributed by atoms with Gasteiger partial charge in [-0.2, -0.15) is 4.31 Å². The lowest BCUT2D eigenvalue weighted by molar-refractivity contribution is 0.225. The van der Waals surface area contributed by atoms with E-state index in [-0.39, 0.29) is 0 Å². The van der Waals surface area contributed by atoms with Crippen molar-refractivity contribution in [1.82, 2.24) is 0 Å². The van der Waals surface area contributed by atoms with Crippen LogP contribution in [0.2, 0.25) is 0 Å². The Bertz CT molecular complexity index is 280. The Morgan fingerprint density at radius 3 is 1.62 bits per heavy atom. The maximum atomic E-state index is 9.63. The van der Waals surface area contributed by atoms with Gasteiger partial charge < -0.3 is 19.6 Å². The van der Waals surface area contributed by atoms with Gasteiger partial charge in [0.05, 0.1) is 0 Å². The zero-order valence-corrected chi connectivity index (χ0v) is 11.2. The lowest BCUT2D eigenvalue weighted by Gasteiger charge is -2.03. The summed E-state index contributed by atoms with van der Waals surface area (Å²) in [6.07, 6.45) is 4.70. The second-order valence-electron chi connectivity index (χ2n) is 2.95. The molecule has 0 saturated heterocycles. The largest absolute Gasteiger partial charge is 0.478 e. The summed E-state index contributed by atoms with van der Waals surface area (Å²) >= 11 is 0. The standard InChI is InChI=1S/C7H14.H4O7P2/c1-4-6-7(3)5-2;1-8(2,3)7-9(4,5)6/h5H,4,6H2,1-3H3;(H2,1,2,3)(H2,4,5,6)/b7-5+;. The van der Waals surface area contributed by atoms with Crippen LogP contribution < -0.4 is 0 Å². The molecule has 0 saturated carbocycles. The molecule has 0 amide bonds. The first kappa shape index (κ1) is 18.4. The summed E-state index contributed by atoms with van der Waals surface area (Å²) in [5.41, 5.74) is 1.50. The van der Waals surface area contributed by atoms with Crippen molar-refractivity contribution < 1.29 is 33.0 Å². The van der Waals surface area contributed by atoms with Crippen LogP contribution in [0.15, 0.2) is 11.6 Å². The fourth-order valence-corrected chi connectivity index (χ4v) is 1.79. The highest BCUT2D eigenvalue weighted by Gasteiger charge is 2.27. The fourth-order valence-electron chi connectivity index (χ4n) is 0.677. The average Bonchev–Trinajstić information content (AvgIpc) is 1.98. The third-order valence-electron chi connectivity index (χ3n) is 1.35. The van der Waals surface area contributed by atoms with Gasteiger partial charge in [0.2, 0.25) is 0 Å². The molecule has 98 valence electrons. The number of rotatable bonds is 4. The van der Waals surface area contributed by atoms with E-state index in [0.717, 1.165) is 0 Å². The topological polar surface area (TPSA) is 124 Å². The first-order valence-electron chi connectivity index (χ1n) is 4.46. The molecule has 0 fully saturated rings. The third kappa shape index (κ3) is 19.6. The fraction of sp³-hybridized carbons (Fsp3) is 0.714. The number of phosphoric acid groups is 2. The van der Waals surface area contributed by atoms with Crippen LogP contribution in [0.4, 0.5) is 0 Å². The van der Waals surface area contributed by atoms with Crippen molar-refractivity contribution in [3.05, 3.63) is 11.6 Å². The number of hydrogen-bond acceptors (Lipinski definition) is 3. The molecule has 16 heavy (non-hydrogen) atoms. The molecule has 0 spiro atoms. The van der Waals surface area contributed by atoms with Crippen molar-refractivity contribution in [2.24, 2.45) is 0 Å². The van der Waals surface area contributed by atoms with E-state index in [4.69, 9.17) is 19.6 Å². The van der Waals surface area contributed by atoms with E-state index in [1.165, 1.54) is 18.4 Å². The van der Waals surface area contributed by atoms with Crippen LogP contribution in [0.1, 0.15) is 33.6 Å². The summed E-state index contributed by atoms with van der Waals surface area (Å²) < 4.78 is 22.2. The van der Waals surface area contributed by atoms with E-state index < -0.39 is 15.6 Å². The first-order chi connectivity index (χ1) is 7.02. The average molecular weight is 276 g/mol. The van der Waals surface area contributed by atoms with Gasteiger partial charge in [0.25, 0.3) is 0 Å². The molecule has 0 aliphatic heterocycles. The predicted molar refractivity (Wildman–Crippen MR) is 59.5 cm³/mol. The Morgan fingerprint density at radius 2 is 1.56 bits per heavy atom. The Labute approximate surface area is 94.6 Å². The van der Waals surface area contributed by atoms with Gasteiger partial charge in [-0.05, 0) is 20.3 Å². The van der Waals surface area contributed by atoms with Gasteiger partial charge in [-0.25, -0.2) is 9.13 Å². The maximum absolute atomic E-state index is 9.63. The molecule has 0 rings (SSSR count). The molecule has 0 radical (unpaired) electrons. The van der Waals surface area contributed by atoms with Crippen LogP contribution >= 0.6 is 15.6 Å². The molecule has 0 aromatic rings. The van der Waals surface area contributed by atoms with Crippen molar-refractivity contribution in [2.75, 3.05) is 0 Å². The lowest BCUT2D eigenvalue weighted by atomic mass is 10.2. The molecule has 0 bridgehead atoms. The molecule has 0 aliphatic carbocycles. The SMILES string of the molecule is C/C=C(\C)CCC.O=P(O)(O)OP(=O)(O)O. The molecule has 7 nitrogen and oxygen atoms in total. The number of hydrogen-bond donors (Lipinski definition) is 4. The highest BCUT2D eigenvalue weighted by atomic mass is 31.3.